The largest absolute Gasteiger partial charge is 0.484 e. The van der Waals surface area contributed by atoms with E-state index in [9.17, 15) is 4.79 Å². The first-order valence-corrected chi connectivity index (χ1v) is 9.75. The Morgan fingerprint density at radius 3 is 2.52 bits per heavy atom. The summed E-state index contributed by atoms with van der Waals surface area (Å²) in [4.78, 5) is 12.2. The number of furan rings is 1. The first kappa shape index (κ1) is 21.3. The van der Waals surface area contributed by atoms with E-state index in [1.54, 1.807) is 42.5 Å². The molecule has 6 nitrogen and oxygen atoms in total. The number of amides is 1. The molecule has 0 saturated carbocycles. The molecule has 0 atom stereocenters. The number of nitrogens with one attached hydrogen (secondary N) is 3. The van der Waals surface area contributed by atoms with Crippen molar-refractivity contribution >= 4 is 63.7 Å². The molecule has 0 aliphatic heterocycles. The molecule has 2 aromatic carbocycles. The number of ether oxygens (including phenoxy) is 1. The van der Waals surface area contributed by atoms with Crippen LogP contribution in [0.5, 0.6) is 5.75 Å². The van der Waals surface area contributed by atoms with Crippen molar-refractivity contribution in [3.8, 4) is 5.75 Å². The fourth-order valence-electron chi connectivity index (χ4n) is 2.20. The van der Waals surface area contributed by atoms with E-state index in [0.717, 1.165) is 0 Å². The van der Waals surface area contributed by atoms with Gasteiger partial charge in [-0.2, -0.15) is 0 Å². The first-order valence-electron chi connectivity index (χ1n) is 8.21. The SMILES string of the molecule is O=C(NNC(=S)Nc1ccc(Cl)c(Cl)c1)c1ccc(COc2ccccc2Cl)o1. The highest BCUT2D eigenvalue weighted by atomic mass is 35.5. The molecule has 3 aromatic rings. The van der Waals surface area contributed by atoms with E-state index >= 15 is 0 Å². The molecule has 1 aromatic heterocycles. The van der Waals surface area contributed by atoms with Gasteiger partial charge in [0.25, 0.3) is 0 Å². The fourth-order valence-corrected chi connectivity index (χ4v) is 2.86. The van der Waals surface area contributed by atoms with Crippen LogP contribution in [0.3, 0.4) is 0 Å². The van der Waals surface area contributed by atoms with E-state index < -0.39 is 5.91 Å². The van der Waals surface area contributed by atoms with E-state index in [4.69, 9.17) is 56.2 Å². The fraction of sp³-hybridized carbons (Fsp3) is 0.0526. The second-order valence-corrected chi connectivity index (χ2v) is 7.28. The van der Waals surface area contributed by atoms with Gasteiger partial charge in [0.2, 0.25) is 0 Å². The van der Waals surface area contributed by atoms with Crippen molar-refractivity contribution in [1.82, 2.24) is 10.9 Å². The Bertz CT molecular complexity index is 1040. The summed E-state index contributed by atoms with van der Waals surface area (Å²) in [5, 5.41) is 4.32. The molecule has 1 heterocycles. The predicted molar refractivity (Wildman–Crippen MR) is 118 cm³/mol. The lowest BCUT2D eigenvalue weighted by Crippen LogP contribution is -2.43. The van der Waals surface area contributed by atoms with Crippen LogP contribution in [0.15, 0.2) is 59.0 Å². The van der Waals surface area contributed by atoms with Crippen molar-refractivity contribution < 1.29 is 13.9 Å². The van der Waals surface area contributed by atoms with E-state index in [1.807, 2.05) is 6.07 Å². The maximum atomic E-state index is 12.2. The number of hydrogen-bond donors (Lipinski definition) is 3. The lowest BCUT2D eigenvalue weighted by Gasteiger charge is -2.11. The standard InChI is InChI=1S/C19H14Cl3N3O3S/c20-13-7-5-11(9-15(13)22)23-19(29)25-24-18(26)17-8-6-12(28-17)10-27-16-4-2-1-3-14(16)21/h1-9H,10H2,(H,24,26)(H2,23,25,29). The molecule has 150 valence electrons. The quantitative estimate of drug-likeness (QED) is 0.340. The van der Waals surface area contributed by atoms with Gasteiger partial charge in [-0.1, -0.05) is 46.9 Å². The highest BCUT2D eigenvalue weighted by molar-refractivity contribution is 7.80. The van der Waals surface area contributed by atoms with Gasteiger partial charge < -0.3 is 14.5 Å². The van der Waals surface area contributed by atoms with Gasteiger partial charge in [0.1, 0.15) is 18.1 Å². The number of carbonyl (C=O) groups excluding carboxylic acids is 1. The highest BCUT2D eigenvalue weighted by Crippen LogP contribution is 2.25. The highest BCUT2D eigenvalue weighted by Gasteiger charge is 2.12. The molecular weight excluding hydrogens is 457 g/mol. The molecule has 0 aliphatic carbocycles. The van der Waals surface area contributed by atoms with Crippen LogP contribution in [-0.4, -0.2) is 11.0 Å². The number of halogens is 3. The molecule has 0 unspecified atom stereocenters. The third-order valence-electron chi connectivity index (χ3n) is 3.56. The van der Waals surface area contributed by atoms with Crippen LogP contribution in [0.2, 0.25) is 15.1 Å². The molecule has 1 amide bonds. The molecule has 0 fully saturated rings. The first-order chi connectivity index (χ1) is 13.9. The van der Waals surface area contributed by atoms with Crippen LogP contribution in [0.25, 0.3) is 0 Å². The molecule has 29 heavy (non-hydrogen) atoms. The number of hydrazine groups is 1. The lowest BCUT2D eigenvalue weighted by atomic mass is 10.3. The van der Waals surface area contributed by atoms with Gasteiger partial charge in [-0.15, -0.1) is 0 Å². The number of thiocarbonyl (C=S) groups is 1. The van der Waals surface area contributed by atoms with Gasteiger partial charge in [-0.25, -0.2) is 0 Å². The van der Waals surface area contributed by atoms with Crippen LogP contribution in [0.1, 0.15) is 16.3 Å². The third-order valence-corrected chi connectivity index (χ3v) is 4.81. The predicted octanol–water partition coefficient (Wildman–Crippen LogP) is 5.45. The van der Waals surface area contributed by atoms with Crippen LogP contribution in [0, 0.1) is 0 Å². The minimum absolute atomic E-state index is 0.0904. The average molecular weight is 471 g/mol. The molecule has 0 spiro atoms. The Labute approximate surface area is 187 Å². The number of hydrogen-bond acceptors (Lipinski definition) is 4. The lowest BCUT2D eigenvalue weighted by molar-refractivity contribution is 0.0912. The number of para-hydroxylation sites is 1. The minimum Gasteiger partial charge on any atom is -0.484 e. The normalized spacial score (nSPS) is 10.3. The maximum Gasteiger partial charge on any atom is 0.305 e. The second-order valence-electron chi connectivity index (χ2n) is 5.65. The molecule has 3 N–H and O–H groups in total. The molecule has 0 aliphatic rings. The zero-order valence-corrected chi connectivity index (χ0v) is 17.8. The Morgan fingerprint density at radius 2 is 1.76 bits per heavy atom. The summed E-state index contributed by atoms with van der Waals surface area (Å²) in [6, 6.07) is 15.2. The van der Waals surface area contributed by atoms with E-state index in [1.165, 1.54) is 6.07 Å². The Kier molecular flexibility index (Phi) is 7.22. The van der Waals surface area contributed by atoms with Crippen LogP contribution < -0.4 is 20.9 Å². The van der Waals surface area contributed by atoms with Crippen molar-refractivity contribution in [2.45, 2.75) is 6.61 Å². The van der Waals surface area contributed by atoms with Crippen LogP contribution in [0.4, 0.5) is 5.69 Å². The number of rotatable bonds is 5. The topological polar surface area (TPSA) is 75.5 Å². The zero-order valence-electron chi connectivity index (χ0n) is 14.7. The summed E-state index contributed by atoms with van der Waals surface area (Å²) < 4.78 is 11.0. The van der Waals surface area contributed by atoms with Crippen molar-refractivity contribution in [3.05, 3.63) is 81.2 Å². The van der Waals surface area contributed by atoms with Crippen LogP contribution >= 0.6 is 47.0 Å². The van der Waals surface area contributed by atoms with Gasteiger partial charge in [-0.05, 0) is 54.7 Å². The molecule has 10 heteroatoms. The van der Waals surface area contributed by atoms with Gasteiger partial charge in [0.15, 0.2) is 10.9 Å². The third kappa shape index (κ3) is 6.01. The van der Waals surface area contributed by atoms with E-state index in [0.29, 0.717) is 32.3 Å². The Hall–Kier alpha value is -2.45. The Balaban J connectivity index is 1.49. The summed E-state index contributed by atoms with van der Waals surface area (Å²) in [6.07, 6.45) is 0. The summed E-state index contributed by atoms with van der Waals surface area (Å²) in [5.74, 6) is 0.573. The molecule has 0 bridgehead atoms. The van der Waals surface area contributed by atoms with Crippen LogP contribution in [-0.2, 0) is 6.61 Å². The van der Waals surface area contributed by atoms with Crippen molar-refractivity contribution in [1.29, 1.82) is 0 Å². The summed E-state index contributed by atoms with van der Waals surface area (Å²) in [7, 11) is 0. The molecular formula is C19H14Cl3N3O3S. The average Bonchev–Trinajstić information content (AvgIpc) is 3.17. The van der Waals surface area contributed by atoms with E-state index in [-0.39, 0.29) is 17.5 Å². The smallest absolute Gasteiger partial charge is 0.305 e. The number of benzene rings is 2. The number of anilines is 1. The summed E-state index contributed by atoms with van der Waals surface area (Å²) in [5.41, 5.74) is 5.62. The molecule has 0 radical (unpaired) electrons. The number of carbonyl (C=O) groups is 1. The van der Waals surface area contributed by atoms with Gasteiger partial charge in [0, 0.05) is 5.69 Å². The van der Waals surface area contributed by atoms with Gasteiger partial charge >= 0.3 is 5.91 Å². The van der Waals surface area contributed by atoms with Crippen molar-refractivity contribution in [2.75, 3.05) is 5.32 Å². The Morgan fingerprint density at radius 1 is 0.966 bits per heavy atom. The monoisotopic (exact) mass is 469 g/mol. The second kappa shape index (κ2) is 9.84. The zero-order chi connectivity index (χ0) is 20.8. The molecule has 3 rings (SSSR count). The van der Waals surface area contributed by atoms with E-state index in [2.05, 4.69) is 16.2 Å². The minimum atomic E-state index is -0.507. The molecule has 0 saturated heterocycles. The summed E-state index contributed by atoms with van der Waals surface area (Å²) in [6.45, 7) is 0.127. The summed E-state index contributed by atoms with van der Waals surface area (Å²) >= 11 is 23.0. The van der Waals surface area contributed by atoms with Crippen molar-refractivity contribution in [2.24, 2.45) is 0 Å². The maximum absolute atomic E-state index is 12.2. The van der Waals surface area contributed by atoms with Gasteiger partial charge in [-0.3, -0.25) is 15.6 Å². The van der Waals surface area contributed by atoms with Crippen molar-refractivity contribution in [3.63, 3.8) is 0 Å². The van der Waals surface area contributed by atoms with Gasteiger partial charge in [0.05, 0.1) is 15.1 Å².